The minimum atomic E-state index is 0.389. The van der Waals surface area contributed by atoms with Crippen molar-refractivity contribution in [2.45, 2.75) is 32.7 Å². The van der Waals surface area contributed by atoms with Crippen molar-refractivity contribution in [3.8, 4) is 5.75 Å². The van der Waals surface area contributed by atoms with E-state index in [1.54, 1.807) is 6.07 Å². The summed E-state index contributed by atoms with van der Waals surface area (Å²) < 4.78 is 0. The van der Waals surface area contributed by atoms with Crippen LogP contribution in [0.3, 0.4) is 0 Å². The Morgan fingerprint density at radius 2 is 2.00 bits per heavy atom. The lowest BCUT2D eigenvalue weighted by Crippen LogP contribution is -2.34. The van der Waals surface area contributed by atoms with Crippen molar-refractivity contribution in [1.82, 2.24) is 10.2 Å². The van der Waals surface area contributed by atoms with Crippen molar-refractivity contribution < 1.29 is 5.11 Å². The van der Waals surface area contributed by atoms with Gasteiger partial charge in [-0.2, -0.15) is 0 Å². The molecule has 0 bridgehead atoms. The molecular formula is C16H26N2O. The van der Waals surface area contributed by atoms with Crippen LogP contribution >= 0.6 is 0 Å². The van der Waals surface area contributed by atoms with Crippen LogP contribution in [0.5, 0.6) is 5.75 Å². The molecule has 19 heavy (non-hydrogen) atoms. The number of nitrogens with one attached hydrogen (secondary N) is 1. The van der Waals surface area contributed by atoms with Gasteiger partial charge in [-0.1, -0.05) is 25.1 Å². The Morgan fingerprint density at radius 3 is 2.74 bits per heavy atom. The number of nitrogens with zero attached hydrogens (tertiary/aromatic N) is 1. The SMILES string of the molecule is CC1CCN(CCCNCc2ccccc2O)CC1. The lowest BCUT2D eigenvalue weighted by Gasteiger charge is -2.30. The molecule has 3 nitrogen and oxygen atoms in total. The lowest BCUT2D eigenvalue weighted by molar-refractivity contribution is 0.190. The van der Waals surface area contributed by atoms with Crippen LogP contribution in [0.1, 0.15) is 31.7 Å². The molecule has 0 saturated carbocycles. The average Bonchev–Trinajstić information content (AvgIpc) is 2.42. The van der Waals surface area contributed by atoms with E-state index in [2.05, 4.69) is 17.1 Å². The second-order valence-electron chi connectivity index (χ2n) is 5.68. The molecule has 1 aromatic carbocycles. The van der Waals surface area contributed by atoms with Gasteiger partial charge in [-0.15, -0.1) is 0 Å². The molecule has 106 valence electrons. The van der Waals surface area contributed by atoms with Crippen LogP contribution in [0.15, 0.2) is 24.3 Å². The maximum Gasteiger partial charge on any atom is 0.120 e. The van der Waals surface area contributed by atoms with E-state index < -0.39 is 0 Å². The Balaban J connectivity index is 1.56. The summed E-state index contributed by atoms with van der Waals surface area (Å²) >= 11 is 0. The van der Waals surface area contributed by atoms with Gasteiger partial charge in [-0.05, 0) is 57.4 Å². The number of aromatic hydroxyl groups is 1. The number of hydrogen-bond donors (Lipinski definition) is 2. The van der Waals surface area contributed by atoms with Crippen molar-refractivity contribution in [2.24, 2.45) is 5.92 Å². The molecule has 0 radical (unpaired) electrons. The highest BCUT2D eigenvalue weighted by Crippen LogP contribution is 2.16. The molecule has 0 atom stereocenters. The van der Waals surface area contributed by atoms with Crippen LogP contribution in [-0.2, 0) is 6.54 Å². The minimum absolute atomic E-state index is 0.389. The fraction of sp³-hybridized carbons (Fsp3) is 0.625. The molecule has 0 amide bonds. The molecule has 1 saturated heterocycles. The van der Waals surface area contributed by atoms with Gasteiger partial charge in [0, 0.05) is 12.1 Å². The molecule has 0 aliphatic carbocycles. The summed E-state index contributed by atoms with van der Waals surface area (Å²) in [5.41, 5.74) is 0.981. The molecule has 2 N–H and O–H groups in total. The highest BCUT2D eigenvalue weighted by molar-refractivity contribution is 5.31. The first-order valence-corrected chi connectivity index (χ1v) is 7.45. The van der Waals surface area contributed by atoms with E-state index in [4.69, 9.17) is 0 Å². The number of para-hydroxylation sites is 1. The van der Waals surface area contributed by atoms with E-state index in [1.165, 1.54) is 38.9 Å². The number of benzene rings is 1. The number of phenolic OH excluding ortho intramolecular Hbond substituents is 1. The first-order valence-electron chi connectivity index (χ1n) is 7.45. The van der Waals surface area contributed by atoms with Gasteiger partial charge in [-0.3, -0.25) is 0 Å². The largest absolute Gasteiger partial charge is 0.508 e. The van der Waals surface area contributed by atoms with Gasteiger partial charge in [0.05, 0.1) is 0 Å². The molecule has 1 heterocycles. The number of piperidine rings is 1. The first-order chi connectivity index (χ1) is 9.25. The van der Waals surface area contributed by atoms with Gasteiger partial charge in [-0.25, -0.2) is 0 Å². The highest BCUT2D eigenvalue weighted by atomic mass is 16.3. The van der Waals surface area contributed by atoms with Gasteiger partial charge in [0.2, 0.25) is 0 Å². The third kappa shape index (κ3) is 4.84. The van der Waals surface area contributed by atoms with E-state index in [0.717, 1.165) is 24.6 Å². The lowest BCUT2D eigenvalue weighted by atomic mass is 9.99. The average molecular weight is 262 g/mol. The van der Waals surface area contributed by atoms with E-state index in [1.807, 2.05) is 18.2 Å². The fourth-order valence-electron chi connectivity index (χ4n) is 2.60. The summed E-state index contributed by atoms with van der Waals surface area (Å²) in [5, 5.41) is 13.1. The van der Waals surface area contributed by atoms with Gasteiger partial charge in [0.15, 0.2) is 0 Å². The van der Waals surface area contributed by atoms with Crippen LogP contribution < -0.4 is 5.32 Å². The second-order valence-corrected chi connectivity index (χ2v) is 5.68. The number of likely N-dealkylation sites (tertiary alicyclic amines) is 1. The van der Waals surface area contributed by atoms with Crippen LogP contribution in [0, 0.1) is 5.92 Å². The summed E-state index contributed by atoms with van der Waals surface area (Å²) in [4.78, 5) is 2.57. The molecule has 0 spiro atoms. The van der Waals surface area contributed by atoms with Crippen LogP contribution in [0.4, 0.5) is 0 Å². The number of rotatable bonds is 6. The standard InChI is InChI=1S/C16H26N2O/c1-14-7-11-18(12-8-14)10-4-9-17-13-15-5-2-3-6-16(15)19/h2-3,5-6,14,17,19H,4,7-13H2,1H3. The van der Waals surface area contributed by atoms with Gasteiger partial charge in [0.1, 0.15) is 5.75 Å². The normalized spacial score (nSPS) is 17.7. The highest BCUT2D eigenvalue weighted by Gasteiger charge is 2.14. The number of phenols is 1. The van der Waals surface area contributed by atoms with Gasteiger partial charge in [0.25, 0.3) is 0 Å². The Kier molecular flexibility index (Phi) is 5.67. The third-order valence-electron chi connectivity index (χ3n) is 4.01. The van der Waals surface area contributed by atoms with Crippen LogP contribution in [0.25, 0.3) is 0 Å². The maximum absolute atomic E-state index is 9.65. The summed E-state index contributed by atoms with van der Waals surface area (Å²) in [6.07, 6.45) is 3.89. The summed E-state index contributed by atoms with van der Waals surface area (Å²) in [5.74, 6) is 1.30. The van der Waals surface area contributed by atoms with Crippen molar-refractivity contribution in [3.63, 3.8) is 0 Å². The zero-order chi connectivity index (χ0) is 13.5. The predicted molar refractivity (Wildman–Crippen MR) is 79.3 cm³/mol. The Bertz CT molecular complexity index is 373. The fourth-order valence-corrected chi connectivity index (χ4v) is 2.60. The smallest absolute Gasteiger partial charge is 0.120 e. The topological polar surface area (TPSA) is 35.5 Å². The molecule has 1 aliphatic rings. The Labute approximate surface area is 116 Å². The zero-order valence-electron chi connectivity index (χ0n) is 11.9. The Morgan fingerprint density at radius 1 is 1.26 bits per heavy atom. The zero-order valence-corrected chi connectivity index (χ0v) is 11.9. The molecule has 3 heteroatoms. The monoisotopic (exact) mass is 262 g/mol. The molecule has 1 aromatic rings. The third-order valence-corrected chi connectivity index (χ3v) is 4.01. The molecule has 2 rings (SSSR count). The van der Waals surface area contributed by atoms with E-state index in [-0.39, 0.29) is 0 Å². The van der Waals surface area contributed by atoms with Crippen LogP contribution in [0.2, 0.25) is 0 Å². The first kappa shape index (κ1) is 14.4. The van der Waals surface area contributed by atoms with Gasteiger partial charge >= 0.3 is 0 Å². The quantitative estimate of drug-likeness (QED) is 0.774. The summed E-state index contributed by atoms with van der Waals surface area (Å²) in [6.45, 7) is 7.84. The molecule has 1 fully saturated rings. The molecule has 0 aromatic heterocycles. The Hall–Kier alpha value is -1.06. The van der Waals surface area contributed by atoms with Crippen molar-refractivity contribution in [2.75, 3.05) is 26.2 Å². The van der Waals surface area contributed by atoms with Gasteiger partial charge < -0.3 is 15.3 Å². The van der Waals surface area contributed by atoms with Crippen molar-refractivity contribution in [1.29, 1.82) is 0 Å². The van der Waals surface area contributed by atoms with E-state index in [0.29, 0.717) is 5.75 Å². The summed E-state index contributed by atoms with van der Waals surface area (Å²) in [6, 6.07) is 7.53. The van der Waals surface area contributed by atoms with E-state index >= 15 is 0 Å². The van der Waals surface area contributed by atoms with Crippen LogP contribution in [-0.4, -0.2) is 36.2 Å². The second kappa shape index (κ2) is 7.51. The predicted octanol–water partition coefficient (Wildman–Crippen LogP) is 2.60. The molecule has 1 aliphatic heterocycles. The number of hydrogen-bond acceptors (Lipinski definition) is 3. The van der Waals surface area contributed by atoms with E-state index in [9.17, 15) is 5.11 Å². The maximum atomic E-state index is 9.65. The molecule has 0 unspecified atom stereocenters. The summed E-state index contributed by atoms with van der Waals surface area (Å²) in [7, 11) is 0. The molecular weight excluding hydrogens is 236 g/mol. The van der Waals surface area contributed by atoms with Crippen molar-refractivity contribution >= 4 is 0 Å². The van der Waals surface area contributed by atoms with Crippen molar-refractivity contribution in [3.05, 3.63) is 29.8 Å². The minimum Gasteiger partial charge on any atom is -0.508 e.